The van der Waals surface area contributed by atoms with Crippen LogP contribution in [0.3, 0.4) is 0 Å². The molecule has 1 aromatic carbocycles. The molecule has 2 atom stereocenters. The number of hydrogen-bond donors (Lipinski definition) is 1. The molecule has 172 valence electrons. The maximum atomic E-state index is 12.7. The Morgan fingerprint density at radius 3 is 1.93 bits per heavy atom. The summed E-state index contributed by atoms with van der Waals surface area (Å²) in [7, 11) is -2.39. The molecule has 2 unspecified atom stereocenters. The summed E-state index contributed by atoms with van der Waals surface area (Å²) in [5.41, 5.74) is 0. The zero-order valence-electron chi connectivity index (χ0n) is 18.4. The summed E-state index contributed by atoms with van der Waals surface area (Å²) in [5.74, 6) is -0.473. The molecule has 0 aromatic heterocycles. The Balaban J connectivity index is 2.42. The van der Waals surface area contributed by atoms with E-state index in [4.69, 9.17) is 4.74 Å². The molecular weight excluding hydrogens is 466 g/mol. The van der Waals surface area contributed by atoms with Crippen molar-refractivity contribution in [2.24, 2.45) is 0 Å². The van der Waals surface area contributed by atoms with Crippen LogP contribution < -0.4 is 4.72 Å². The minimum atomic E-state index is -3.70. The van der Waals surface area contributed by atoms with Gasteiger partial charge in [-0.1, -0.05) is 112 Å². The minimum absolute atomic E-state index is 0.193. The number of sulfonamides is 1. The summed E-state index contributed by atoms with van der Waals surface area (Å²) in [5, 5.41) is 0. The van der Waals surface area contributed by atoms with E-state index in [2.05, 4.69) is 27.6 Å². The minimum Gasteiger partial charge on any atom is -0.468 e. The maximum absolute atomic E-state index is 12.7. The molecule has 0 spiro atoms. The number of esters is 1. The number of halogens is 1. The van der Waals surface area contributed by atoms with Gasteiger partial charge in [-0.05, 0) is 18.6 Å². The van der Waals surface area contributed by atoms with Gasteiger partial charge in [-0.2, -0.15) is 0 Å². The number of benzene rings is 1. The fourth-order valence-electron chi connectivity index (χ4n) is 3.44. The first-order valence-electron chi connectivity index (χ1n) is 11.2. The Kier molecular flexibility index (Phi) is 14.3. The molecule has 0 saturated heterocycles. The number of alkyl halides is 1. The van der Waals surface area contributed by atoms with E-state index in [1.807, 2.05) is 0 Å². The van der Waals surface area contributed by atoms with E-state index in [1.54, 1.807) is 30.3 Å². The van der Waals surface area contributed by atoms with Crippen LogP contribution in [-0.2, 0) is 19.6 Å². The quantitative estimate of drug-likeness (QED) is 0.161. The number of rotatable bonds is 17. The second kappa shape index (κ2) is 15.8. The number of nitrogens with one attached hydrogen (secondary N) is 1. The van der Waals surface area contributed by atoms with Crippen LogP contribution in [0, 0.1) is 0 Å². The van der Waals surface area contributed by atoms with Crippen molar-refractivity contribution in [3.05, 3.63) is 30.3 Å². The molecule has 7 heteroatoms. The van der Waals surface area contributed by atoms with E-state index in [9.17, 15) is 13.2 Å². The van der Waals surface area contributed by atoms with E-state index in [-0.39, 0.29) is 4.90 Å². The molecule has 30 heavy (non-hydrogen) atoms. The third-order valence-electron chi connectivity index (χ3n) is 5.26. The number of carbonyl (C=O) groups excluding carboxylic acids is 1. The lowest BCUT2D eigenvalue weighted by Gasteiger charge is -2.22. The van der Waals surface area contributed by atoms with Crippen LogP contribution in [0.1, 0.15) is 84.0 Å². The van der Waals surface area contributed by atoms with Gasteiger partial charge in [0.2, 0.25) is 10.0 Å². The van der Waals surface area contributed by atoms with Gasteiger partial charge >= 0.3 is 5.97 Å². The van der Waals surface area contributed by atoms with Gasteiger partial charge in [0.25, 0.3) is 0 Å². The van der Waals surface area contributed by atoms with Crippen LogP contribution in [0.25, 0.3) is 0 Å². The lowest BCUT2D eigenvalue weighted by molar-refractivity contribution is -0.140. The molecule has 5 nitrogen and oxygen atoms in total. The van der Waals surface area contributed by atoms with Crippen molar-refractivity contribution in [2.45, 2.75) is 99.7 Å². The van der Waals surface area contributed by atoms with Gasteiger partial charge in [0.15, 0.2) is 0 Å². The van der Waals surface area contributed by atoms with E-state index >= 15 is 0 Å². The highest BCUT2D eigenvalue weighted by Crippen LogP contribution is 2.19. The standard InChI is InChI=1S/C23H38BrNO4S/c1-3-4-5-6-7-8-9-10-11-12-16-19-21(22(24)23(26)29-2)25-30(27,28)20-17-14-13-15-18-20/h13-15,17-18,21-22,25H,3-12,16,19H2,1-2H3. The number of methoxy groups -OCH3 is 1. The average molecular weight is 505 g/mol. The molecule has 0 radical (unpaired) electrons. The first-order chi connectivity index (χ1) is 14.4. The monoisotopic (exact) mass is 503 g/mol. The molecule has 0 heterocycles. The Hall–Kier alpha value is -0.920. The highest BCUT2D eigenvalue weighted by atomic mass is 79.9. The lowest BCUT2D eigenvalue weighted by atomic mass is 10.0. The molecule has 0 aliphatic heterocycles. The highest BCUT2D eigenvalue weighted by molar-refractivity contribution is 9.10. The first-order valence-corrected chi connectivity index (χ1v) is 13.6. The molecule has 1 N–H and O–H groups in total. The smallest absolute Gasteiger partial charge is 0.321 e. The second-order valence-corrected chi connectivity index (χ2v) is 10.5. The number of ether oxygens (including phenoxy) is 1. The average Bonchev–Trinajstić information content (AvgIpc) is 2.76. The molecule has 0 bridgehead atoms. The molecule has 1 rings (SSSR count). The molecular formula is C23H38BrNO4S. The fourth-order valence-corrected chi connectivity index (χ4v) is 5.50. The number of unbranched alkanes of at least 4 members (excludes halogenated alkanes) is 10. The van der Waals surface area contributed by atoms with Crippen LogP contribution in [0.2, 0.25) is 0 Å². The Labute approximate surface area is 191 Å². The van der Waals surface area contributed by atoms with E-state index in [0.717, 1.165) is 19.3 Å². The van der Waals surface area contributed by atoms with Crippen molar-refractivity contribution in [3.63, 3.8) is 0 Å². The van der Waals surface area contributed by atoms with Crippen molar-refractivity contribution < 1.29 is 17.9 Å². The molecule has 0 amide bonds. The van der Waals surface area contributed by atoms with Crippen molar-refractivity contribution in [3.8, 4) is 0 Å². The fraction of sp³-hybridized carbons (Fsp3) is 0.696. The van der Waals surface area contributed by atoms with Crippen LogP contribution >= 0.6 is 15.9 Å². The third-order valence-corrected chi connectivity index (χ3v) is 7.78. The van der Waals surface area contributed by atoms with Gasteiger partial charge in [-0.3, -0.25) is 4.79 Å². The predicted octanol–water partition coefficient (Wildman–Crippen LogP) is 5.97. The molecule has 0 fully saturated rings. The predicted molar refractivity (Wildman–Crippen MR) is 126 cm³/mol. The summed E-state index contributed by atoms with van der Waals surface area (Å²) in [6, 6.07) is 7.66. The zero-order valence-corrected chi connectivity index (χ0v) is 20.8. The Morgan fingerprint density at radius 2 is 1.43 bits per heavy atom. The van der Waals surface area contributed by atoms with Gasteiger partial charge < -0.3 is 4.74 Å². The summed E-state index contributed by atoms with van der Waals surface area (Å²) in [6.45, 7) is 2.24. The van der Waals surface area contributed by atoms with Crippen LogP contribution in [-0.4, -0.2) is 32.4 Å². The van der Waals surface area contributed by atoms with Crippen LogP contribution in [0.15, 0.2) is 35.2 Å². The molecule has 0 saturated carbocycles. The van der Waals surface area contributed by atoms with Crippen LogP contribution in [0.4, 0.5) is 0 Å². The summed E-state index contributed by atoms with van der Waals surface area (Å²) >= 11 is 3.32. The zero-order chi connectivity index (χ0) is 22.2. The summed E-state index contributed by atoms with van der Waals surface area (Å²) in [6.07, 6.45) is 14.0. The van der Waals surface area contributed by atoms with Gasteiger partial charge in [0.05, 0.1) is 12.0 Å². The summed E-state index contributed by atoms with van der Waals surface area (Å²) in [4.78, 5) is 11.4. The van der Waals surface area contributed by atoms with Crippen molar-refractivity contribution >= 4 is 31.9 Å². The lowest BCUT2D eigenvalue weighted by Crippen LogP contribution is -2.44. The summed E-state index contributed by atoms with van der Waals surface area (Å²) < 4.78 is 32.8. The Morgan fingerprint density at radius 1 is 0.933 bits per heavy atom. The van der Waals surface area contributed by atoms with Crippen molar-refractivity contribution in [2.75, 3.05) is 7.11 Å². The highest BCUT2D eigenvalue weighted by Gasteiger charge is 2.30. The largest absolute Gasteiger partial charge is 0.468 e. The normalized spacial score (nSPS) is 13.7. The van der Waals surface area contributed by atoms with Crippen molar-refractivity contribution in [1.82, 2.24) is 4.72 Å². The molecule has 0 aliphatic carbocycles. The first kappa shape index (κ1) is 27.1. The van der Waals surface area contributed by atoms with Crippen LogP contribution in [0.5, 0.6) is 0 Å². The van der Waals surface area contributed by atoms with E-state index in [0.29, 0.717) is 6.42 Å². The number of carbonyl (C=O) groups is 1. The Bertz CT molecular complexity index is 682. The van der Waals surface area contributed by atoms with E-state index < -0.39 is 26.9 Å². The molecule has 0 aliphatic rings. The van der Waals surface area contributed by atoms with Gasteiger partial charge in [-0.25, -0.2) is 13.1 Å². The topological polar surface area (TPSA) is 72.5 Å². The van der Waals surface area contributed by atoms with E-state index in [1.165, 1.54) is 58.5 Å². The molecule has 1 aromatic rings. The maximum Gasteiger partial charge on any atom is 0.321 e. The number of hydrogen-bond acceptors (Lipinski definition) is 4. The van der Waals surface area contributed by atoms with Crippen molar-refractivity contribution in [1.29, 1.82) is 0 Å². The SMILES string of the molecule is CCCCCCCCCCCCCC(NS(=O)(=O)c1ccccc1)C(Br)C(=O)OC. The van der Waals surface area contributed by atoms with Gasteiger partial charge in [-0.15, -0.1) is 0 Å². The van der Waals surface area contributed by atoms with Gasteiger partial charge in [0.1, 0.15) is 4.83 Å². The third kappa shape index (κ3) is 10.9. The van der Waals surface area contributed by atoms with Gasteiger partial charge in [0, 0.05) is 6.04 Å². The second-order valence-electron chi connectivity index (χ2n) is 7.79.